The van der Waals surface area contributed by atoms with Crippen LogP contribution < -0.4 is 16.2 Å². The molecule has 0 unspecified atom stereocenters. The maximum Gasteiger partial charge on any atom is 0.328 e. The fourth-order valence-corrected chi connectivity index (χ4v) is 2.85. The van der Waals surface area contributed by atoms with Crippen LogP contribution in [0.2, 0.25) is 0 Å². The van der Waals surface area contributed by atoms with Gasteiger partial charge >= 0.3 is 11.9 Å². The van der Waals surface area contributed by atoms with Gasteiger partial charge in [-0.05, 0) is 35.7 Å². The van der Waals surface area contributed by atoms with E-state index in [1.165, 1.54) is 0 Å². The molecule has 140 valence electrons. The molecule has 1 heterocycles. The van der Waals surface area contributed by atoms with Crippen molar-refractivity contribution in [2.75, 3.05) is 0 Å². The molecule has 2 atom stereocenters. The first kappa shape index (κ1) is 18.6. The summed E-state index contributed by atoms with van der Waals surface area (Å²) < 4.78 is 5.32. The highest BCUT2D eigenvalue weighted by molar-refractivity contribution is 5.85. The predicted molar refractivity (Wildman–Crippen MR) is 101 cm³/mol. The van der Waals surface area contributed by atoms with Gasteiger partial charge in [0.25, 0.3) is 0 Å². The highest BCUT2D eigenvalue weighted by atomic mass is 16.5. The quantitative estimate of drug-likeness (QED) is 0.370. The molecule has 2 aromatic carbocycles. The van der Waals surface area contributed by atoms with Crippen LogP contribution in [0, 0.1) is 0 Å². The van der Waals surface area contributed by atoms with E-state index in [2.05, 4.69) is 4.98 Å². The zero-order valence-corrected chi connectivity index (χ0v) is 14.6. The molecule has 0 aliphatic carbocycles. The number of hydrogen-bond donors (Lipinski definition) is 4. The largest absolute Gasteiger partial charge is 0.480 e. The van der Waals surface area contributed by atoms with Gasteiger partial charge in [0.2, 0.25) is 0 Å². The Kier molecular flexibility index (Phi) is 5.54. The number of carboxylic acids is 1. The number of hydrogen-bond acceptors (Lipinski definition) is 5. The van der Waals surface area contributed by atoms with Gasteiger partial charge in [0.15, 0.2) is 0 Å². The summed E-state index contributed by atoms with van der Waals surface area (Å²) in [5.74, 6) is -1.24. The number of carbonyl (C=O) groups is 2. The fraction of sp³-hybridized carbons (Fsp3) is 0.200. The summed E-state index contributed by atoms with van der Waals surface area (Å²) in [6, 6.07) is 12.6. The first-order valence-electron chi connectivity index (χ1n) is 8.53. The molecule has 0 bridgehead atoms. The number of fused-ring (bicyclic) bond motifs is 1. The van der Waals surface area contributed by atoms with E-state index in [0.29, 0.717) is 12.2 Å². The van der Waals surface area contributed by atoms with Crippen molar-refractivity contribution in [3.05, 3.63) is 65.9 Å². The van der Waals surface area contributed by atoms with Gasteiger partial charge in [0.1, 0.15) is 17.8 Å². The van der Waals surface area contributed by atoms with Gasteiger partial charge in [-0.15, -0.1) is 0 Å². The van der Waals surface area contributed by atoms with Crippen LogP contribution in [0.15, 0.2) is 54.7 Å². The molecular weight excluding hydrogens is 346 g/mol. The number of esters is 1. The zero-order chi connectivity index (χ0) is 19.4. The molecule has 6 N–H and O–H groups in total. The summed E-state index contributed by atoms with van der Waals surface area (Å²) in [4.78, 5) is 26.2. The van der Waals surface area contributed by atoms with Crippen LogP contribution in [0.4, 0.5) is 0 Å². The molecule has 1 aromatic heterocycles. The first-order valence-corrected chi connectivity index (χ1v) is 8.53. The minimum absolute atomic E-state index is 0.198. The van der Waals surface area contributed by atoms with Crippen molar-refractivity contribution >= 4 is 22.8 Å². The Labute approximate surface area is 155 Å². The normalized spacial score (nSPS) is 13.3. The van der Waals surface area contributed by atoms with E-state index < -0.39 is 24.0 Å². The fourth-order valence-electron chi connectivity index (χ4n) is 2.85. The third-order valence-corrected chi connectivity index (χ3v) is 4.33. The van der Waals surface area contributed by atoms with Crippen LogP contribution in [0.3, 0.4) is 0 Å². The number of benzene rings is 2. The van der Waals surface area contributed by atoms with Crippen LogP contribution in [0.1, 0.15) is 11.1 Å². The first-order chi connectivity index (χ1) is 12.9. The molecule has 0 aliphatic rings. The lowest BCUT2D eigenvalue weighted by Crippen LogP contribution is -2.36. The second-order valence-electron chi connectivity index (χ2n) is 6.38. The van der Waals surface area contributed by atoms with Crippen molar-refractivity contribution < 1.29 is 19.4 Å². The Morgan fingerprint density at radius 2 is 1.70 bits per heavy atom. The Bertz CT molecular complexity index is 949. The maximum atomic E-state index is 12.3. The Morgan fingerprint density at radius 3 is 2.41 bits per heavy atom. The SMILES string of the molecule is N[C@@H](Cc1ccc(OC(=O)[C@@H](N)Cc2c[nH]c3ccccc23)cc1)C(=O)O. The van der Waals surface area contributed by atoms with Crippen LogP contribution in [0.5, 0.6) is 5.75 Å². The van der Waals surface area contributed by atoms with Gasteiger partial charge in [-0.3, -0.25) is 4.79 Å². The predicted octanol–water partition coefficient (Wildman–Crippen LogP) is 1.60. The molecule has 0 saturated carbocycles. The number of aromatic amines is 1. The number of ether oxygens (including phenoxy) is 1. The minimum Gasteiger partial charge on any atom is -0.480 e. The van der Waals surface area contributed by atoms with Crippen molar-refractivity contribution in [2.45, 2.75) is 24.9 Å². The van der Waals surface area contributed by atoms with Crippen molar-refractivity contribution in [2.24, 2.45) is 11.5 Å². The molecule has 0 fully saturated rings. The third-order valence-electron chi connectivity index (χ3n) is 4.33. The summed E-state index contributed by atoms with van der Waals surface area (Å²) >= 11 is 0. The highest BCUT2D eigenvalue weighted by Gasteiger charge is 2.19. The van der Waals surface area contributed by atoms with Crippen LogP contribution in [0.25, 0.3) is 10.9 Å². The number of carboxylic acid groups (broad SMARTS) is 1. The number of carbonyl (C=O) groups excluding carboxylic acids is 1. The van der Waals surface area contributed by atoms with Gasteiger partial charge < -0.3 is 26.3 Å². The van der Waals surface area contributed by atoms with E-state index >= 15 is 0 Å². The van der Waals surface area contributed by atoms with E-state index in [1.807, 2.05) is 30.5 Å². The average Bonchev–Trinajstić information content (AvgIpc) is 3.06. The summed E-state index contributed by atoms with van der Waals surface area (Å²) in [7, 11) is 0. The Morgan fingerprint density at radius 1 is 1.00 bits per heavy atom. The topological polar surface area (TPSA) is 131 Å². The number of nitrogens with one attached hydrogen (secondary N) is 1. The molecule has 27 heavy (non-hydrogen) atoms. The molecule has 7 nitrogen and oxygen atoms in total. The molecule has 0 spiro atoms. The van der Waals surface area contributed by atoms with Gasteiger partial charge in [0, 0.05) is 23.5 Å². The molecule has 3 aromatic rings. The minimum atomic E-state index is -1.06. The van der Waals surface area contributed by atoms with Crippen LogP contribution in [-0.2, 0) is 22.4 Å². The second kappa shape index (κ2) is 8.03. The van der Waals surface area contributed by atoms with Gasteiger partial charge in [0.05, 0.1) is 0 Å². The number of rotatable bonds is 7. The summed E-state index contributed by atoms with van der Waals surface area (Å²) in [5, 5.41) is 9.87. The molecule has 0 aliphatic heterocycles. The molecule has 0 radical (unpaired) electrons. The van der Waals surface area contributed by atoms with E-state index in [-0.39, 0.29) is 6.42 Å². The zero-order valence-electron chi connectivity index (χ0n) is 14.6. The Balaban J connectivity index is 1.60. The number of nitrogens with two attached hydrogens (primary N) is 2. The summed E-state index contributed by atoms with van der Waals surface area (Å²) in [5.41, 5.74) is 14.2. The smallest absolute Gasteiger partial charge is 0.328 e. The standard InChI is InChI=1S/C20H21N3O4/c21-16(19(24)25)9-12-5-7-14(8-6-12)27-20(26)17(22)10-13-11-23-18-4-2-1-3-15(13)18/h1-8,11,16-17,23H,9-10,21-22H2,(H,24,25)/t16-,17-/m0/s1. The lowest BCUT2D eigenvalue weighted by atomic mass is 10.1. The van der Waals surface area contributed by atoms with Crippen molar-refractivity contribution in [3.8, 4) is 5.75 Å². The molecule has 0 saturated heterocycles. The lowest BCUT2D eigenvalue weighted by Gasteiger charge is -2.12. The number of aliphatic carboxylic acids is 1. The van der Waals surface area contributed by atoms with E-state index in [4.69, 9.17) is 21.3 Å². The third kappa shape index (κ3) is 4.52. The molecule has 3 rings (SSSR count). The molecule has 7 heteroatoms. The maximum absolute atomic E-state index is 12.3. The number of para-hydroxylation sites is 1. The van der Waals surface area contributed by atoms with Gasteiger partial charge in [-0.25, -0.2) is 4.79 Å². The Hall–Kier alpha value is -3.16. The van der Waals surface area contributed by atoms with Gasteiger partial charge in [-0.1, -0.05) is 30.3 Å². The van der Waals surface area contributed by atoms with Crippen molar-refractivity contribution in [3.63, 3.8) is 0 Å². The van der Waals surface area contributed by atoms with Crippen molar-refractivity contribution in [1.29, 1.82) is 0 Å². The molecular formula is C20H21N3O4. The number of H-pyrrole nitrogens is 1. The summed E-state index contributed by atoms with van der Waals surface area (Å²) in [6.07, 6.45) is 2.40. The summed E-state index contributed by atoms with van der Waals surface area (Å²) in [6.45, 7) is 0. The van der Waals surface area contributed by atoms with E-state index in [1.54, 1.807) is 24.3 Å². The average molecular weight is 367 g/mol. The highest BCUT2D eigenvalue weighted by Crippen LogP contribution is 2.19. The lowest BCUT2D eigenvalue weighted by molar-refractivity contribution is -0.138. The molecule has 0 amide bonds. The monoisotopic (exact) mass is 367 g/mol. The van der Waals surface area contributed by atoms with Gasteiger partial charge in [-0.2, -0.15) is 0 Å². The van der Waals surface area contributed by atoms with E-state index in [0.717, 1.165) is 22.0 Å². The van der Waals surface area contributed by atoms with E-state index in [9.17, 15) is 9.59 Å². The number of aromatic nitrogens is 1. The van der Waals surface area contributed by atoms with Crippen molar-refractivity contribution in [1.82, 2.24) is 4.98 Å². The van der Waals surface area contributed by atoms with Crippen LogP contribution in [-0.4, -0.2) is 34.1 Å². The second-order valence-corrected chi connectivity index (χ2v) is 6.38. The van der Waals surface area contributed by atoms with Crippen LogP contribution >= 0.6 is 0 Å².